The molecule has 30 heavy (non-hydrogen) atoms. The smallest absolute Gasteiger partial charge is 0.230 e. The molecule has 2 heterocycles. The maximum atomic E-state index is 12.2. The van der Waals surface area contributed by atoms with Crippen molar-refractivity contribution in [3.05, 3.63) is 60.0 Å². The first-order valence-electron chi connectivity index (χ1n) is 11.0. The van der Waals surface area contributed by atoms with Crippen LogP contribution in [0.4, 0.5) is 0 Å². The number of carbonyl (C=O) groups is 1. The van der Waals surface area contributed by atoms with Gasteiger partial charge in [-0.1, -0.05) is 49.6 Å². The molecule has 158 valence electrons. The number of imidazole rings is 1. The SMILES string of the molecule is O=C(CSCc1nc2cccnc2n1C1CCCCC1)NCCCc1ccccc1. The van der Waals surface area contributed by atoms with E-state index in [1.165, 1.54) is 37.7 Å². The molecule has 1 N–H and O–H groups in total. The standard InChI is InChI=1S/C24H30N4OS/c29-23(25-15-7-11-19-9-3-1-4-10-19)18-30-17-22-27-21-14-8-16-26-24(21)28(22)20-12-5-2-6-13-20/h1,3-4,8-10,14,16,20H,2,5-7,11-13,15,17-18H2,(H,25,29). The summed E-state index contributed by atoms with van der Waals surface area (Å²) < 4.78 is 2.35. The highest BCUT2D eigenvalue weighted by atomic mass is 32.2. The van der Waals surface area contributed by atoms with Crippen LogP contribution < -0.4 is 5.32 Å². The topological polar surface area (TPSA) is 59.8 Å². The Balaban J connectivity index is 1.27. The lowest BCUT2D eigenvalue weighted by Crippen LogP contribution is -2.26. The van der Waals surface area contributed by atoms with E-state index in [-0.39, 0.29) is 5.91 Å². The number of hydrogen-bond acceptors (Lipinski definition) is 4. The Kier molecular flexibility index (Phi) is 7.40. The highest BCUT2D eigenvalue weighted by Crippen LogP contribution is 2.32. The van der Waals surface area contributed by atoms with Gasteiger partial charge in [0.2, 0.25) is 5.91 Å². The van der Waals surface area contributed by atoms with Gasteiger partial charge in [-0.25, -0.2) is 9.97 Å². The lowest BCUT2D eigenvalue weighted by Gasteiger charge is -2.25. The predicted molar refractivity (Wildman–Crippen MR) is 124 cm³/mol. The van der Waals surface area contributed by atoms with E-state index < -0.39 is 0 Å². The number of aryl methyl sites for hydroxylation is 1. The van der Waals surface area contributed by atoms with Crippen LogP contribution in [0.15, 0.2) is 48.7 Å². The van der Waals surface area contributed by atoms with E-state index in [1.54, 1.807) is 11.8 Å². The minimum atomic E-state index is 0.103. The van der Waals surface area contributed by atoms with E-state index in [9.17, 15) is 4.79 Å². The zero-order valence-electron chi connectivity index (χ0n) is 17.4. The zero-order chi connectivity index (χ0) is 20.6. The molecule has 5 nitrogen and oxygen atoms in total. The van der Waals surface area contributed by atoms with Crippen LogP contribution in [0.3, 0.4) is 0 Å². The molecule has 1 aliphatic carbocycles. The van der Waals surface area contributed by atoms with Crippen molar-refractivity contribution in [3.63, 3.8) is 0 Å². The molecule has 0 bridgehead atoms. The van der Waals surface area contributed by atoms with Gasteiger partial charge in [-0.3, -0.25) is 4.79 Å². The van der Waals surface area contributed by atoms with Gasteiger partial charge in [-0.15, -0.1) is 11.8 Å². The second-order valence-electron chi connectivity index (χ2n) is 7.97. The van der Waals surface area contributed by atoms with Crippen molar-refractivity contribution < 1.29 is 4.79 Å². The number of rotatable bonds is 9. The average Bonchev–Trinajstić information content (AvgIpc) is 3.16. The van der Waals surface area contributed by atoms with Gasteiger partial charge in [-0.2, -0.15) is 0 Å². The number of fused-ring (bicyclic) bond motifs is 1. The molecule has 0 unspecified atom stereocenters. The lowest BCUT2D eigenvalue weighted by atomic mass is 9.95. The van der Waals surface area contributed by atoms with Crippen LogP contribution in [0.2, 0.25) is 0 Å². The summed E-state index contributed by atoms with van der Waals surface area (Å²) in [4.78, 5) is 21.7. The van der Waals surface area contributed by atoms with Gasteiger partial charge in [0, 0.05) is 18.8 Å². The van der Waals surface area contributed by atoms with Gasteiger partial charge in [-0.05, 0) is 43.4 Å². The monoisotopic (exact) mass is 422 g/mol. The van der Waals surface area contributed by atoms with E-state index in [0.29, 0.717) is 11.8 Å². The summed E-state index contributed by atoms with van der Waals surface area (Å²) in [7, 11) is 0. The van der Waals surface area contributed by atoms with Crippen LogP contribution >= 0.6 is 11.8 Å². The molecule has 6 heteroatoms. The Bertz CT molecular complexity index is 950. The summed E-state index contributed by atoms with van der Waals surface area (Å²) in [5, 5.41) is 3.04. The molecule has 4 rings (SSSR count). The van der Waals surface area contributed by atoms with Crippen molar-refractivity contribution in [2.75, 3.05) is 12.3 Å². The summed E-state index contributed by atoms with van der Waals surface area (Å²) >= 11 is 1.64. The maximum absolute atomic E-state index is 12.2. The number of aromatic nitrogens is 3. The fraction of sp³-hybridized carbons (Fsp3) is 0.458. The molecule has 0 aliphatic heterocycles. The van der Waals surface area contributed by atoms with Crippen LogP contribution in [-0.4, -0.2) is 32.7 Å². The number of nitrogens with zero attached hydrogens (tertiary/aromatic N) is 3. The molecular formula is C24H30N4OS. The zero-order valence-corrected chi connectivity index (χ0v) is 18.2. The van der Waals surface area contributed by atoms with Crippen molar-refractivity contribution in [3.8, 4) is 0 Å². The summed E-state index contributed by atoms with van der Waals surface area (Å²) in [6.07, 6.45) is 10.1. The predicted octanol–water partition coefficient (Wildman–Crippen LogP) is 4.92. The van der Waals surface area contributed by atoms with Crippen LogP contribution in [0.25, 0.3) is 11.2 Å². The number of thioether (sulfide) groups is 1. The Labute approximate surface area is 182 Å². The minimum Gasteiger partial charge on any atom is -0.355 e. The second-order valence-corrected chi connectivity index (χ2v) is 8.95. The number of amides is 1. The van der Waals surface area contributed by atoms with Crippen molar-refractivity contribution in [1.82, 2.24) is 19.9 Å². The lowest BCUT2D eigenvalue weighted by molar-refractivity contribution is -0.118. The highest BCUT2D eigenvalue weighted by Gasteiger charge is 2.22. The summed E-state index contributed by atoms with van der Waals surface area (Å²) in [5.74, 6) is 2.36. The molecular weight excluding hydrogens is 392 g/mol. The van der Waals surface area contributed by atoms with Gasteiger partial charge in [0.1, 0.15) is 11.3 Å². The first-order valence-corrected chi connectivity index (χ1v) is 12.2. The largest absolute Gasteiger partial charge is 0.355 e. The van der Waals surface area contributed by atoms with E-state index in [1.807, 2.05) is 24.4 Å². The molecule has 3 aromatic rings. The normalized spacial score (nSPS) is 14.8. The van der Waals surface area contributed by atoms with Crippen LogP contribution in [0, 0.1) is 0 Å². The van der Waals surface area contributed by atoms with E-state index in [0.717, 1.165) is 42.1 Å². The molecule has 0 atom stereocenters. The molecule has 0 saturated heterocycles. The first kappa shape index (κ1) is 20.9. The number of benzene rings is 1. The van der Waals surface area contributed by atoms with Gasteiger partial charge in [0.05, 0.1) is 11.5 Å². The van der Waals surface area contributed by atoms with Gasteiger partial charge in [0.15, 0.2) is 5.65 Å². The second kappa shape index (κ2) is 10.6. The fourth-order valence-electron chi connectivity index (χ4n) is 4.25. The first-order chi connectivity index (χ1) is 14.8. The molecule has 1 aromatic carbocycles. The Morgan fingerprint density at radius 1 is 1.10 bits per heavy atom. The molecule has 1 aliphatic rings. The van der Waals surface area contributed by atoms with E-state index in [4.69, 9.17) is 4.98 Å². The summed E-state index contributed by atoms with van der Waals surface area (Å²) in [6, 6.07) is 14.9. The van der Waals surface area contributed by atoms with Crippen LogP contribution in [0.1, 0.15) is 56.0 Å². The molecule has 2 aromatic heterocycles. The molecule has 0 radical (unpaired) electrons. The molecule has 1 fully saturated rings. The Morgan fingerprint density at radius 2 is 1.93 bits per heavy atom. The Morgan fingerprint density at radius 3 is 2.77 bits per heavy atom. The van der Waals surface area contributed by atoms with Crippen LogP contribution in [0.5, 0.6) is 0 Å². The third kappa shape index (κ3) is 5.42. The van der Waals surface area contributed by atoms with Crippen molar-refractivity contribution >= 4 is 28.8 Å². The van der Waals surface area contributed by atoms with E-state index >= 15 is 0 Å². The third-order valence-corrected chi connectivity index (χ3v) is 6.66. The summed E-state index contributed by atoms with van der Waals surface area (Å²) in [5.41, 5.74) is 3.27. The minimum absolute atomic E-state index is 0.103. The van der Waals surface area contributed by atoms with Crippen molar-refractivity contribution in [2.45, 2.75) is 56.7 Å². The third-order valence-electron chi connectivity index (χ3n) is 5.73. The quantitative estimate of drug-likeness (QED) is 0.497. The van der Waals surface area contributed by atoms with Gasteiger partial charge < -0.3 is 9.88 Å². The molecule has 1 saturated carbocycles. The van der Waals surface area contributed by atoms with Crippen LogP contribution in [-0.2, 0) is 17.0 Å². The number of nitrogens with one attached hydrogen (secondary N) is 1. The van der Waals surface area contributed by atoms with E-state index in [2.05, 4.69) is 39.1 Å². The number of pyridine rings is 1. The molecule has 0 spiro atoms. The maximum Gasteiger partial charge on any atom is 0.230 e. The fourth-order valence-corrected chi connectivity index (χ4v) is 5.03. The summed E-state index contributed by atoms with van der Waals surface area (Å²) in [6.45, 7) is 0.721. The number of carbonyl (C=O) groups excluding carboxylic acids is 1. The highest BCUT2D eigenvalue weighted by molar-refractivity contribution is 7.99. The van der Waals surface area contributed by atoms with Crippen molar-refractivity contribution in [2.24, 2.45) is 0 Å². The average molecular weight is 423 g/mol. The number of hydrogen-bond donors (Lipinski definition) is 1. The molecule has 1 amide bonds. The van der Waals surface area contributed by atoms with Gasteiger partial charge >= 0.3 is 0 Å². The van der Waals surface area contributed by atoms with Gasteiger partial charge in [0.25, 0.3) is 0 Å². The Hall–Kier alpha value is -2.34. The van der Waals surface area contributed by atoms with Crippen molar-refractivity contribution in [1.29, 1.82) is 0 Å².